The van der Waals surface area contributed by atoms with Gasteiger partial charge in [-0.15, -0.1) is 0 Å². The van der Waals surface area contributed by atoms with Gasteiger partial charge in [-0.1, -0.05) is 24.3 Å². The lowest BCUT2D eigenvalue weighted by Gasteiger charge is -2.30. The fraction of sp³-hybridized carbons (Fsp3) is 0.200. The molecule has 1 aromatic heterocycles. The summed E-state index contributed by atoms with van der Waals surface area (Å²) < 4.78 is 0. The molecule has 3 nitrogen and oxygen atoms in total. The molecule has 90 valence electrons. The number of hydrogen-bond donors (Lipinski definition) is 0. The minimum absolute atomic E-state index is 0.121. The van der Waals surface area contributed by atoms with Gasteiger partial charge in [0.2, 0.25) is 5.91 Å². The SMILES string of the molecule is Cc1cccc2c1N(c1ccccn1)C(=O)CC2. The summed E-state index contributed by atoms with van der Waals surface area (Å²) in [5.74, 6) is 0.827. The standard InChI is InChI=1S/C15H14N2O/c1-11-5-4-6-12-8-9-14(18)17(15(11)12)13-7-2-3-10-16-13/h2-7,10H,8-9H2,1H3. The molecule has 2 heterocycles. The van der Waals surface area contributed by atoms with Crippen molar-refractivity contribution < 1.29 is 4.79 Å². The quantitative estimate of drug-likeness (QED) is 0.765. The summed E-state index contributed by atoms with van der Waals surface area (Å²) in [6.45, 7) is 2.04. The maximum absolute atomic E-state index is 12.2. The number of amides is 1. The van der Waals surface area contributed by atoms with E-state index in [0.29, 0.717) is 12.2 Å². The van der Waals surface area contributed by atoms with Crippen LogP contribution in [-0.4, -0.2) is 10.9 Å². The van der Waals surface area contributed by atoms with E-state index in [1.165, 1.54) is 5.56 Å². The van der Waals surface area contributed by atoms with Gasteiger partial charge in [-0.25, -0.2) is 4.98 Å². The van der Waals surface area contributed by atoms with E-state index in [4.69, 9.17) is 0 Å². The van der Waals surface area contributed by atoms with Crippen LogP contribution >= 0.6 is 0 Å². The van der Waals surface area contributed by atoms with Gasteiger partial charge in [-0.3, -0.25) is 9.69 Å². The minimum atomic E-state index is 0.121. The first kappa shape index (κ1) is 11.0. The van der Waals surface area contributed by atoms with Crippen molar-refractivity contribution in [1.29, 1.82) is 0 Å². The largest absolute Gasteiger partial charge is 0.274 e. The van der Waals surface area contributed by atoms with Gasteiger partial charge in [0.1, 0.15) is 5.82 Å². The number of carbonyl (C=O) groups is 1. The van der Waals surface area contributed by atoms with Crippen molar-refractivity contribution in [2.45, 2.75) is 19.8 Å². The van der Waals surface area contributed by atoms with Crippen LogP contribution in [0.5, 0.6) is 0 Å². The highest BCUT2D eigenvalue weighted by molar-refractivity contribution is 6.02. The molecule has 2 aromatic rings. The molecule has 0 bridgehead atoms. The van der Waals surface area contributed by atoms with Crippen LogP contribution in [-0.2, 0) is 11.2 Å². The molecular formula is C15H14N2O. The van der Waals surface area contributed by atoms with Gasteiger partial charge >= 0.3 is 0 Å². The molecule has 1 aromatic carbocycles. The van der Waals surface area contributed by atoms with Gasteiger partial charge in [0.15, 0.2) is 0 Å². The van der Waals surface area contributed by atoms with Crippen LogP contribution in [0.15, 0.2) is 42.6 Å². The van der Waals surface area contributed by atoms with E-state index < -0.39 is 0 Å². The Hall–Kier alpha value is -2.16. The minimum Gasteiger partial charge on any atom is -0.274 e. The Kier molecular flexibility index (Phi) is 2.59. The molecule has 0 unspecified atom stereocenters. The predicted octanol–water partition coefficient (Wildman–Crippen LogP) is 3.00. The van der Waals surface area contributed by atoms with E-state index in [-0.39, 0.29) is 5.91 Å². The summed E-state index contributed by atoms with van der Waals surface area (Å²) in [6.07, 6.45) is 3.08. The Balaban J connectivity index is 2.19. The molecule has 0 N–H and O–H groups in total. The topological polar surface area (TPSA) is 33.2 Å². The molecule has 18 heavy (non-hydrogen) atoms. The second kappa shape index (κ2) is 4.26. The van der Waals surface area contributed by atoms with E-state index in [1.54, 1.807) is 11.1 Å². The molecule has 0 aliphatic carbocycles. The number of aromatic nitrogens is 1. The smallest absolute Gasteiger partial charge is 0.233 e. The van der Waals surface area contributed by atoms with Crippen molar-refractivity contribution in [3.05, 3.63) is 53.7 Å². The first-order valence-electron chi connectivity index (χ1n) is 6.10. The van der Waals surface area contributed by atoms with Crippen LogP contribution in [0.2, 0.25) is 0 Å². The predicted molar refractivity (Wildman–Crippen MR) is 70.9 cm³/mol. The average molecular weight is 238 g/mol. The number of nitrogens with zero attached hydrogens (tertiary/aromatic N) is 2. The van der Waals surface area contributed by atoms with Crippen molar-refractivity contribution in [1.82, 2.24) is 4.98 Å². The van der Waals surface area contributed by atoms with Crippen LogP contribution in [0.4, 0.5) is 11.5 Å². The van der Waals surface area contributed by atoms with E-state index in [9.17, 15) is 4.79 Å². The van der Waals surface area contributed by atoms with Gasteiger partial charge in [0.25, 0.3) is 0 Å². The average Bonchev–Trinajstić information content (AvgIpc) is 2.40. The number of carbonyl (C=O) groups excluding carboxylic acids is 1. The third-order valence-corrected chi connectivity index (χ3v) is 3.28. The van der Waals surface area contributed by atoms with Crippen molar-refractivity contribution in [3.8, 4) is 0 Å². The summed E-state index contributed by atoms with van der Waals surface area (Å²) >= 11 is 0. The summed E-state index contributed by atoms with van der Waals surface area (Å²) in [5, 5.41) is 0. The number of para-hydroxylation sites is 1. The maximum Gasteiger partial charge on any atom is 0.233 e. The lowest BCUT2D eigenvalue weighted by molar-refractivity contribution is -0.118. The third-order valence-electron chi connectivity index (χ3n) is 3.28. The van der Waals surface area contributed by atoms with Crippen molar-refractivity contribution in [2.24, 2.45) is 0 Å². The molecule has 1 aliphatic rings. The lowest BCUT2D eigenvalue weighted by Crippen LogP contribution is -2.32. The highest BCUT2D eigenvalue weighted by Crippen LogP contribution is 2.35. The molecule has 1 aliphatic heterocycles. The number of hydrogen-bond acceptors (Lipinski definition) is 2. The van der Waals surface area contributed by atoms with Crippen LogP contribution in [0.1, 0.15) is 17.5 Å². The Morgan fingerprint density at radius 2 is 2.00 bits per heavy atom. The fourth-order valence-electron chi connectivity index (χ4n) is 2.45. The second-order valence-corrected chi connectivity index (χ2v) is 4.50. The zero-order valence-electron chi connectivity index (χ0n) is 10.3. The zero-order valence-corrected chi connectivity index (χ0v) is 10.3. The van der Waals surface area contributed by atoms with Crippen LogP contribution in [0.25, 0.3) is 0 Å². The van der Waals surface area contributed by atoms with Crippen molar-refractivity contribution in [3.63, 3.8) is 0 Å². The highest BCUT2D eigenvalue weighted by atomic mass is 16.2. The van der Waals surface area contributed by atoms with E-state index in [2.05, 4.69) is 11.1 Å². The van der Waals surface area contributed by atoms with Gasteiger partial charge in [-0.2, -0.15) is 0 Å². The van der Waals surface area contributed by atoms with E-state index in [1.807, 2.05) is 37.3 Å². The molecule has 0 radical (unpaired) electrons. The number of aryl methyl sites for hydroxylation is 2. The molecule has 3 heteroatoms. The van der Waals surface area contributed by atoms with Gasteiger partial charge in [0, 0.05) is 12.6 Å². The molecule has 0 saturated carbocycles. The monoisotopic (exact) mass is 238 g/mol. The number of pyridine rings is 1. The summed E-state index contributed by atoms with van der Waals surface area (Å²) in [4.78, 5) is 18.2. The zero-order chi connectivity index (χ0) is 12.5. The number of fused-ring (bicyclic) bond motifs is 1. The van der Waals surface area contributed by atoms with E-state index in [0.717, 1.165) is 17.7 Å². The van der Waals surface area contributed by atoms with E-state index >= 15 is 0 Å². The highest BCUT2D eigenvalue weighted by Gasteiger charge is 2.27. The van der Waals surface area contributed by atoms with Crippen molar-refractivity contribution in [2.75, 3.05) is 4.90 Å². The van der Waals surface area contributed by atoms with Crippen LogP contribution in [0, 0.1) is 6.92 Å². The summed E-state index contributed by atoms with van der Waals surface area (Å²) in [6, 6.07) is 11.8. The first-order chi connectivity index (χ1) is 8.77. The summed E-state index contributed by atoms with van der Waals surface area (Å²) in [7, 11) is 0. The molecular weight excluding hydrogens is 224 g/mol. The molecule has 0 fully saturated rings. The maximum atomic E-state index is 12.2. The fourth-order valence-corrected chi connectivity index (χ4v) is 2.45. The number of anilines is 2. The van der Waals surface area contributed by atoms with Crippen molar-refractivity contribution >= 4 is 17.4 Å². The number of benzene rings is 1. The van der Waals surface area contributed by atoms with Gasteiger partial charge in [0.05, 0.1) is 5.69 Å². The molecule has 0 atom stereocenters. The first-order valence-corrected chi connectivity index (χ1v) is 6.10. The summed E-state index contributed by atoms with van der Waals surface area (Å²) in [5.41, 5.74) is 3.35. The Labute approximate surface area is 106 Å². The van der Waals surface area contributed by atoms with Gasteiger partial charge < -0.3 is 0 Å². The second-order valence-electron chi connectivity index (χ2n) is 4.50. The Morgan fingerprint density at radius 3 is 2.78 bits per heavy atom. The normalized spacial score (nSPS) is 14.5. The van der Waals surface area contributed by atoms with Crippen LogP contribution < -0.4 is 4.90 Å². The van der Waals surface area contributed by atoms with Crippen LogP contribution in [0.3, 0.4) is 0 Å². The molecule has 1 amide bonds. The molecule has 3 rings (SSSR count). The Bertz CT molecular complexity index is 593. The van der Waals surface area contributed by atoms with Gasteiger partial charge in [-0.05, 0) is 36.6 Å². The molecule has 0 spiro atoms. The lowest BCUT2D eigenvalue weighted by atomic mass is 9.98. The number of rotatable bonds is 1. The molecule has 0 saturated heterocycles. The third kappa shape index (κ3) is 1.68. The Morgan fingerprint density at radius 1 is 1.11 bits per heavy atom.